The minimum atomic E-state index is -1.02. The van der Waals surface area contributed by atoms with E-state index in [1.165, 1.54) is 12.1 Å². The average molecular weight is 447 g/mol. The molecule has 32 heavy (non-hydrogen) atoms. The highest BCUT2D eigenvalue weighted by Gasteiger charge is 2.14. The summed E-state index contributed by atoms with van der Waals surface area (Å²) < 4.78 is 5.40. The first-order valence-electron chi connectivity index (χ1n) is 9.87. The van der Waals surface area contributed by atoms with Crippen molar-refractivity contribution >= 4 is 34.3 Å². The third kappa shape index (κ3) is 4.80. The molecule has 2 N–H and O–H groups in total. The third-order valence-corrected chi connectivity index (χ3v) is 5.42. The van der Waals surface area contributed by atoms with Gasteiger partial charge in [0, 0.05) is 5.02 Å². The number of hydrogen-bond donors (Lipinski definition) is 2. The number of aliphatic hydroxyl groups is 1. The molecule has 0 spiro atoms. The minimum Gasteiger partial charge on any atom is -0.478 e. The lowest BCUT2D eigenvalue weighted by Crippen LogP contribution is -2.05. The van der Waals surface area contributed by atoms with Crippen molar-refractivity contribution in [3.05, 3.63) is 118 Å². The van der Waals surface area contributed by atoms with Crippen LogP contribution in [0.5, 0.6) is 0 Å². The number of hydrogen-bond acceptors (Lipinski definition) is 4. The minimum absolute atomic E-state index is 0.138. The summed E-state index contributed by atoms with van der Waals surface area (Å²) in [6.45, 7) is 0.138. The topological polar surface area (TPSA) is 83.8 Å². The molecular weight excluding hydrogens is 428 g/mol. The van der Waals surface area contributed by atoms with Crippen molar-refractivity contribution in [3.63, 3.8) is 0 Å². The summed E-state index contributed by atoms with van der Waals surface area (Å²) >= 11 is 5.87. The van der Waals surface area contributed by atoms with E-state index in [9.17, 15) is 14.7 Å². The molecule has 0 heterocycles. The molecule has 160 valence electrons. The molecule has 4 rings (SSSR count). The molecule has 0 aliphatic heterocycles. The first-order chi connectivity index (χ1) is 15.4. The molecule has 6 heteroatoms. The van der Waals surface area contributed by atoms with Crippen LogP contribution in [0.15, 0.2) is 84.9 Å². The lowest BCUT2D eigenvalue weighted by atomic mass is 9.97. The number of halogens is 1. The largest absolute Gasteiger partial charge is 0.478 e. The zero-order chi connectivity index (χ0) is 22.7. The fourth-order valence-electron chi connectivity index (χ4n) is 3.38. The van der Waals surface area contributed by atoms with Crippen LogP contribution in [0, 0.1) is 0 Å². The van der Waals surface area contributed by atoms with Gasteiger partial charge in [-0.25, -0.2) is 9.59 Å². The fraction of sp³-hybridized carbons (Fsp3) is 0.0769. The number of aliphatic hydroxyl groups excluding tert-OH is 1. The lowest BCUT2D eigenvalue weighted by Gasteiger charge is -2.13. The number of carboxylic acids is 1. The molecule has 5 nitrogen and oxygen atoms in total. The van der Waals surface area contributed by atoms with E-state index in [1.54, 1.807) is 60.7 Å². The van der Waals surface area contributed by atoms with Gasteiger partial charge in [0.15, 0.2) is 0 Å². The molecule has 4 aromatic carbocycles. The molecule has 1 unspecified atom stereocenters. The number of fused-ring (bicyclic) bond motifs is 1. The van der Waals surface area contributed by atoms with Gasteiger partial charge in [-0.1, -0.05) is 54.1 Å². The van der Waals surface area contributed by atoms with E-state index in [1.807, 2.05) is 12.1 Å². The molecule has 0 aliphatic carbocycles. The maximum Gasteiger partial charge on any atom is 0.338 e. The summed E-state index contributed by atoms with van der Waals surface area (Å²) in [4.78, 5) is 23.5. The molecule has 0 bridgehead atoms. The van der Waals surface area contributed by atoms with Crippen molar-refractivity contribution in [2.45, 2.75) is 12.7 Å². The highest BCUT2D eigenvalue weighted by atomic mass is 35.5. The van der Waals surface area contributed by atoms with Crippen molar-refractivity contribution in [3.8, 4) is 0 Å². The fourth-order valence-corrected chi connectivity index (χ4v) is 3.50. The van der Waals surface area contributed by atoms with Gasteiger partial charge >= 0.3 is 11.9 Å². The highest BCUT2D eigenvalue weighted by molar-refractivity contribution is 6.30. The van der Waals surface area contributed by atoms with Gasteiger partial charge in [-0.3, -0.25) is 0 Å². The number of carbonyl (C=O) groups is 2. The Labute approximate surface area is 189 Å². The van der Waals surface area contributed by atoms with E-state index >= 15 is 0 Å². The number of carbonyl (C=O) groups excluding carboxylic acids is 1. The number of esters is 1. The number of carboxylic acid groups (broad SMARTS) is 1. The van der Waals surface area contributed by atoms with Crippen LogP contribution < -0.4 is 0 Å². The van der Waals surface area contributed by atoms with Crippen molar-refractivity contribution in [2.24, 2.45) is 0 Å². The van der Waals surface area contributed by atoms with Crippen LogP contribution in [0.2, 0.25) is 5.02 Å². The van der Waals surface area contributed by atoms with Gasteiger partial charge in [-0.2, -0.15) is 0 Å². The Bertz CT molecular complexity index is 1280. The first kappa shape index (κ1) is 21.6. The summed E-state index contributed by atoms with van der Waals surface area (Å²) in [5, 5.41) is 22.1. The van der Waals surface area contributed by atoms with E-state index in [2.05, 4.69) is 0 Å². The second kappa shape index (κ2) is 9.22. The Kier molecular flexibility index (Phi) is 6.21. The summed E-state index contributed by atoms with van der Waals surface area (Å²) in [5.41, 5.74) is 2.60. The average Bonchev–Trinajstić information content (AvgIpc) is 2.82. The molecule has 0 amide bonds. The summed E-state index contributed by atoms with van der Waals surface area (Å²) in [6.07, 6.45) is -0.928. The SMILES string of the molecule is O=C(O)c1ccc(C(O)c2ccc3ccc(C(=O)OCc4ccc(Cl)cc4)cc3c2)cc1. The molecule has 0 radical (unpaired) electrons. The van der Waals surface area contributed by atoms with Crippen LogP contribution in [0.25, 0.3) is 10.8 Å². The van der Waals surface area contributed by atoms with Crippen LogP contribution in [-0.2, 0) is 11.3 Å². The monoisotopic (exact) mass is 446 g/mol. The van der Waals surface area contributed by atoms with Crippen LogP contribution >= 0.6 is 11.6 Å². The standard InChI is InChI=1S/C26H19ClO5/c27-23-11-1-16(2-12-23)15-32-26(31)21-10-4-17-3-9-20(13-22(17)14-21)24(28)18-5-7-19(8-6-18)25(29)30/h1-14,24,28H,15H2,(H,29,30). The second-order valence-corrected chi connectivity index (χ2v) is 7.79. The van der Waals surface area contributed by atoms with E-state index in [4.69, 9.17) is 21.4 Å². The van der Waals surface area contributed by atoms with Gasteiger partial charge in [0.2, 0.25) is 0 Å². The third-order valence-electron chi connectivity index (χ3n) is 5.17. The molecule has 1 atom stereocenters. The van der Waals surface area contributed by atoms with Gasteiger partial charge in [-0.15, -0.1) is 0 Å². The zero-order valence-electron chi connectivity index (χ0n) is 16.9. The summed E-state index contributed by atoms with van der Waals surface area (Å²) in [5.74, 6) is -1.47. The van der Waals surface area contributed by atoms with Crippen molar-refractivity contribution in [2.75, 3.05) is 0 Å². The maximum atomic E-state index is 12.5. The van der Waals surface area contributed by atoms with E-state index in [-0.39, 0.29) is 12.2 Å². The van der Waals surface area contributed by atoms with Crippen molar-refractivity contribution < 1.29 is 24.5 Å². The lowest BCUT2D eigenvalue weighted by molar-refractivity contribution is 0.0472. The maximum absolute atomic E-state index is 12.5. The summed E-state index contributed by atoms with van der Waals surface area (Å²) in [7, 11) is 0. The van der Waals surface area contributed by atoms with Crippen molar-refractivity contribution in [1.29, 1.82) is 0 Å². The van der Waals surface area contributed by atoms with Crippen LogP contribution in [0.4, 0.5) is 0 Å². The van der Waals surface area contributed by atoms with Crippen LogP contribution in [-0.4, -0.2) is 22.2 Å². The molecule has 4 aromatic rings. The Morgan fingerprint density at radius 2 is 1.41 bits per heavy atom. The molecule has 0 aliphatic rings. The Hall–Kier alpha value is -3.67. The first-order valence-corrected chi connectivity index (χ1v) is 10.2. The zero-order valence-corrected chi connectivity index (χ0v) is 17.6. The number of benzene rings is 4. The normalized spacial score (nSPS) is 11.8. The van der Waals surface area contributed by atoms with E-state index in [0.717, 1.165) is 16.3 Å². The molecule has 0 saturated carbocycles. The van der Waals surface area contributed by atoms with E-state index < -0.39 is 18.0 Å². The van der Waals surface area contributed by atoms with Crippen LogP contribution in [0.1, 0.15) is 43.5 Å². The number of ether oxygens (including phenoxy) is 1. The van der Waals surface area contributed by atoms with E-state index in [0.29, 0.717) is 21.7 Å². The molecular formula is C26H19ClO5. The van der Waals surface area contributed by atoms with Crippen LogP contribution in [0.3, 0.4) is 0 Å². The Morgan fingerprint density at radius 1 is 0.781 bits per heavy atom. The smallest absolute Gasteiger partial charge is 0.338 e. The highest BCUT2D eigenvalue weighted by Crippen LogP contribution is 2.27. The molecule has 0 aromatic heterocycles. The predicted octanol–water partition coefficient (Wildman–Crippen LogP) is 5.63. The van der Waals surface area contributed by atoms with Gasteiger partial charge in [0.1, 0.15) is 12.7 Å². The van der Waals surface area contributed by atoms with Gasteiger partial charge in [0.25, 0.3) is 0 Å². The predicted molar refractivity (Wildman–Crippen MR) is 122 cm³/mol. The van der Waals surface area contributed by atoms with Crippen molar-refractivity contribution in [1.82, 2.24) is 0 Å². The Balaban J connectivity index is 1.53. The molecule has 0 saturated heterocycles. The summed E-state index contributed by atoms with van der Waals surface area (Å²) in [6, 6.07) is 23.9. The Morgan fingerprint density at radius 3 is 2.09 bits per heavy atom. The molecule has 0 fully saturated rings. The quantitative estimate of drug-likeness (QED) is 0.375. The van der Waals surface area contributed by atoms with Gasteiger partial charge in [0.05, 0.1) is 11.1 Å². The number of aromatic carboxylic acids is 1. The second-order valence-electron chi connectivity index (χ2n) is 7.35. The number of rotatable bonds is 6. The van der Waals surface area contributed by atoms with Gasteiger partial charge < -0.3 is 14.9 Å². The van der Waals surface area contributed by atoms with Gasteiger partial charge in [-0.05, 0) is 69.9 Å².